The highest BCUT2D eigenvalue weighted by molar-refractivity contribution is 9.10. The van der Waals surface area contributed by atoms with Gasteiger partial charge in [-0.1, -0.05) is 35.0 Å². The third-order valence-corrected chi connectivity index (χ3v) is 4.70. The fourth-order valence-corrected chi connectivity index (χ4v) is 2.97. The van der Waals surface area contributed by atoms with Crippen LogP contribution in [0, 0.1) is 17.8 Å². The lowest BCUT2D eigenvalue weighted by Gasteiger charge is -2.28. The van der Waals surface area contributed by atoms with Crippen molar-refractivity contribution < 1.29 is 4.79 Å². The number of carbonyl (C=O) groups excluding carboxylic acids is 1. The zero-order valence-electron chi connectivity index (χ0n) is 6.46. The van der Waals surface area contributed by atoms with Gasteiger partial charge in [0.2, 0.25) is 0 Å². The van der Waals surface area contributed by atoms with Crippen molar-refractivity contribution in [3.05, 3.63) is 12.2 Å². The summed E-state index contributed by atoms with van der Waals surface area (Å²) in [5.74, 6) is 1.54. The molecule has 2 heteroatoms. The van der Waals surface area contributed by atoms with E-state index in [1.165, 1.54) is 0 Å². The molecule has 2 rings (SSSR count). The number of halogens is 1. The van der Waals surface area contributed by atoms with E-state index in [2.05, 4.69) is 35.0 Å². The van der Waals surface area contributed by atoms with E-state index in [-0.39, 0.29) is 4.32 Å². The first kappa shape index (κ1) is 7.53. The fourth-order valence-electron chi connectivity index (χ4n) is 2.29. The van der Waals surface area contributed by atoms with Gasteiger partial charge >= 0.3 is 0 Å². The minimum Gasteiger partial charge on any atom is -0.302 e. The van der Waals surface area contributed by atoms with E-state index in [9.17, 15) is 4.79 Å². The normalized spacial score (nSPS) is 53.5. The Labute approximate surface area is 75.0 Å². The highest BCUT2D eigenvalue weighted by Gasteiger charge is 2.52. The molecule has 0 aliphatic heterocycles. The molecule has 0 heterocycles. The van der Waals surface area contributed by atoms with Gasteiger partial charge in [-0.25, -0.2) is 0 Å². The van der Waals surface area contributed by atoms with Gasteiger partial charge in [0.25, 0.3) is 0 Å². The molecule has 1 nitrogen and oxygen atoms in total. The lowest BCUT2D eigenvalue weighted by atomic mass is 9.85. The molecule has 0 unspecified atom stereocenters. The lowest BCUT2D eigenvalue weighted by molar-refractivity contribution is -0.111. The number of hydrogen-bond donors (Lipinski definition) is 0. The molecule has 11 heavy (non-hydrogen) atoms. The molecular formula is C9H11BrO. The molecule has 0 aromatic heterocycles. The van der Waals surface area contributed by atoms with E-state index in [1.807, 2.05) is 0 Å². The number of allylic oxidation sites excluding steroid dienone is 2. The van der Waals surface area contributed by atoms with E-state index >= 15 is 0 Å². The van der Waals surface area contributed by atoms with Gasteiger partial charge in [0.15, 0.2) is 0 Å². The standard InChI is InChI=1S/C9H11BrO/c1-6-7-2-3-8(4-7)9(6,10)5-11/h2-3,5-8H,4H2,1H3/t6-,7-,8+,9-/m0/s1. The van der Waals surface area contributed by atoms with Gasteiger partial charge in [-0.05, 0) is 24.2 Å². The molecule has 4 atom stereocenters. The zero-order chi connectivity index (χ0) is 8.06. The van der Waals surface area contributed by atoms with E-state index < -0.39 is 0 Å². The van der Waals surface area contributed by atoms with Crippen molar-refractivity contribution in [1.29, 1.82) is 0 Å². The zero-order valence-corrected chi connectivity index (χ0v) is 8.04. The molecule has 2 aliphatic rings. The SMILES string of the molecule is C[C@H]1[C@H]2C=C[C@H](C2)[C@]1(Br)C=O. The molecule has 0 radical (unpaired) electrons. The van der Waals surface area contributed by atoms with Crippen LogP contribution in [0.3, 0.4) is 0 Å². The summed E-state index contributed by atoms with van der Waals surface area (Å²) in [5, 5.41) is 0. The minimum atomic E-state index is -0.244. The van der Waals surface area contributed by atoms with Gasteiger partial charge in [0.05, 0.1) is 4.32 Å². The van der Waals surface area contributed by atoms with Gasteiger partial charge < -0.3 is 4.79 Å². The number of rotatable bonds is 1. The summed E-state index contributed by atoms with van der Waals surface area (Å²) in [7, 11) is 0. The smallest absolute Gasteiger partial charge is 0.137 e. The summed E-state index contributed by atoms with van der Waals surface area (Å²) in [6.07, 6.45) is 6.66. The van der Waals surface area contributed by atoms with Gasteiger partial charge in [-0.15, -0.1) is 0 Å². The molecule has 0 aromatic rings. The molecule has 60 valence electrons. The van der Waals surface area contributed by atoms with Gasteiger partial charge in [-0.3, -0.25) is 0 Å². The van der Waals surface area contributed by atoms with Gasteiger partial charge in [-0.2, -0.15) is 0 Å². The summed E-state index contributed by atoms with van der Waals surface area (Å²) < 4.78 is -0.244. The maximum Gasteiger partial charge on any atom is 0.137 e. The quantitative estimate of drug-likeness (QED) is 0.372. The second kappa shape index (κ2) is 2.19. The van der Waals surface area contributed by atoms with Crippen LogP contribution in [-0.4, -0.2) is 10.6 Å². The van der Waals surface area contributed by atoms with Crippen LogP contribution < -0.4 is 0 Å². The molecule has 0 N–H and O–H groups in total. The fraction of sp³-hybridized carbons (Fsp3) is 0.667. The van der Waals surface area contributed by atoms with Crippen molar-refractivity contribution >= 4 is 22.2 Å². The van der Waals surface area contributed by atoms with E-state index in [4.69, 9.17) is 0 Å². The Balaban J connectivity index is 2.38. The van der Waals surface area contributed by atoms with Crippen molar-refractivity contribution in [3.8, 4) is 0 Å². The van der Waals surface area contributed by atoms with E-state index in [1.54, 1.807) is 0 Å². The highest BCUT2D eigenvalue weighted by Crippen LogP contribution is 2.53. The second-order valence-electron chi connectivity index (χ2n) is 3.62. The van der Waals surface area contributed by atoms with Crippen molar-refractivity contribution in [3.63, 3.8) is 0 Å². The van der Waals surface area contributed by atoms with E-state index in [0.717, 1.165) is 12.7 Å². The van der Waals surface area contributed by atoms with Gasteiger partial charge in [0, 0.05) is 0 Å². The largest absolute Gasteiger partial charge is 0.302 e. The highest BCUT2D eigenvalue weighted by atomic mass is 79.9. The minimum absolute atomic E-state index is 0.244. The second-order valence-corrected chi connectivity index (χ2v) is 5.00. The van der Waals surface area contributed by atoms with Crippen LogP contribution in [0.1, 0.15) is 13.3 Å². The van der Waals surface area contributed by atoms with Crippen LogP contribution in [0.25, 0.3) is 0 Å². The average molecular weight is 215 g/mol. The molecule has 1 fully saturated rings. The van der Waals surface area contributed by atoms with E-state index in [0.29, 0.717) is 17.8 Å². The number of hydrogen-bond acceptors (Lipinski definition) is 1. The van der Waals surface area contributed by atoms with Crippen molar-refractivity contribution in [2.24, 2.45) is 17.8 Å². The lowest BCUT2D eigenvalue weighted by Crippen LogP contribution is -2.35. The molecule has 0 spiro atoms. The third-order valence-electron chi connectivity index (χ3n) is 3.21. The Bertz CT molecular complexity index is 224. The van der Waals surface area contributed by atoms with Crippen molar-refractivity contribution in [1.82, 2.24) is 0 Å². The first-order valence-corrected chi connectivity index (χ1v) is 4.81. The Kier molecular flexibility index (Phi) is 1.50. The predicted molar refractivity (Wildman–Crippen MR) is 47.6 cm³/mol. The summed E-state index contributed by atoms with van der Waals surface area (Å²) in [5.41, 5.74) is 0. The Hall–Kier alpha value is -0.110. The molecule has 0 saturated heterocycles. The Morgan fingerprint density at radius 2 is 2.36 bits per heavy atom. The van der Waals surface area contributed by atoms with Crippen LogP contribution in [0.15, 0.2) is 12.2 Å². The van der Waals surface area contributed by atoms with Crippen LogP contribution in [0.5, 0.6) is 0 Å². The number of alkyl halides is 1. The monoisotopic (exact) mass is 214 g/mol. The maximum atomic E-state index is 10.8. The summed E-state index contributed by atoms with van der Waals surface area (Å²) in [4.78, 5) is 10.8. The third kappa shape index (κ3) is 0.792. The molecule has 0 aromatic carbocycles. The van der Waals surface area contributed by atoms with Crippen molar-refractivity contribution in [2.75, 3.05) is 0 Å². The van der Waals surface area contributed by atoms with Gasteiger partial charge in [0.1, 0.15) is 6.29 Å². The molecule has 2 aliphatic carbocycles. The Morgan fingerprint density at radius 3 is 2.73 bits per heavy atom. The number of aldehydes is 1. The Morgan fingerprint density at radius 1 is 1.64 bits per heavy atom. The first-order valence-electron chi connectivity index (χ1n) is 4.02. The average Bonchev–Trinajstić information content (AvgIpc) is 2.56. The number of fused-ring (bicyclic) bond motifs is 2. The molecule has 1 saturated carbocycles. The number of carbonyl (C=O) groups is 1. The molecule has 2 bridgehead atoms. The molecule has 0 amide bonds. The first-order chi connectivity index (χ1) is 5.18. The van der Waals surface area contributed by atoms with Crippen LogP contribution in [0.2, 0.25) is 0 Å². The maximum absolute atomic E-state index is 10.8. The van der Waals surface area contributed by atoms with Crippen LogP contribution in [0.4, 0.5) is 0 Å². The van der Waals surface area contributed by atoms with Crippen LogP contribution in [-0.2, 0) is 4.79 Å². The summed E-state index contributed by atoms with van der Waals surface area (Å²) >= 11 is 3.55. The topological polar surface area (TPSA) is 17.1 Å². The molecular weight excluding hydrogens is 204 g/mol. The summed E-state index contributed by atoms with van der Waals surface area (Å²) in [6, 6.07) is 0. The predicted octanol–water partition coefficient (Wildman–Crippen LogP) is 2.16. The van der Waals surface area contributed by atoms with Crippen molar-refractivity contribution in [2.45, 2.75) is 17.7 Å². The van der Waals surface area contributed by atoms with Crippen LogP contribution >= 0.6 is 15.9 Å². The summed E-state index contributed by atoms with van der Waals surface area (Å²) in [6.45, 7) is 2.15.